The van der Waals surface area contributed by atoms with Crippen LogP contribution in [0.2, 0.25) is 5.02 Å². The van der Waals surface area contributed by atoms with Crippen LogP contribution in [0.4, 0.5) is 11.6 Å². The average Bonchev–Trinajstić information content (AvgIpc) is 2.79. The Kier molecular flexibility index (Phi) is 4.66. The maximum absolute atomic E-state index is 9.01. The highest BCUT2D eigenvalue weighted by Gasteiger charge is 2.23. The number of rotatable bonds is 3. The maximum Gasteiger partial charge on any atom is 0.228 e. The number of nitriles is 1. The number of aromatic nitrogens is 2. The minimum atomic E-state index is 0.551. The lowest BCUT2D eigenvalue weighted by Crippen LogP contribution is -2.11. The van der Waals surface area contributed by atoms with Crippen LogP contribution >= 0.6 is 11.6 Å². The molecular formula is C25H17ClN4. The molecule has 0 bridgehead atoms. The summed E-state index contributed by atoms with van der Waals surface area (Å²) in [6.45, 7) is 0. The van der Waals surface area contributed by atoms with Crippen LogP contribution in [-0.4, -0.2) is 9.97 Å². The second-order valence-corrected chi connectivity index (χ2v) is 7.64. The fraction of sp³-hybridized carbons (Fsp3) is 0.0800. The van der Waals surface area contributed by atoms with Crippen molar-refractivity contribution >= 4 is 23.2 Å². The number of aryl methyl sites for hydroxylation is 2. The molecule has 1 aromatic heterocycles. The molecule has 0 atom stereocenters. The van der Waals surface area contributed by atoms with Gasteiger partial charge in [0.15, 0.2) is 0 Å². The lowest BCUT2D eigenvalue weighted by molar-refractivity contribution is 0.888. The van der Waals surface area contributed by atoms with Crippen LogP contribution < -0.4 is 5.32 Å². The summed E-state index contributed by atoms with van der Waals surface area (Å²) in [4.78, 5) is 9.73. The maximum atomic E-state index is 9.01. The molecule has 144 valence electrons. The largest absolute Gasteiger partial charge is 0.324 e. The first-order valence-corrected chi connectivity index (χ1v) is 10.1. The molecule has 0 radical (unpaired) electrons. The fourth-order valence-electron chi connectivity index (χ4n) is 3.86. The normalized spacial score (nSPS) is 11.9. The summed E-state index contributed by atoms with van der Waals surface area (Å²) in [5, 5.41) is 13.1. The summed E-state index contributed by atoms with van der Waals surface area (Å²) >= 11 is 6.24. The van der Waals surface area contributed by atoms with Gasteiger partial charge in [0.05, 0.1) is 23.0 Å². The van der Waals surface area contributed by atoms with Crippen molar-refractivity contribution in [1.82, 2.24) is 9.97 Å². The van der Waals surface area contributed by atoms with Gasteiger partial charge in [-0.3, -0.25) is 0 Å². The monoisotopic (exact) mass is 408 g/mol. The van der Waals surface area contributed by atoms with E-state index < -0.39 is 0 Å². The second-order valence-electron chi connectivity index (χ2n) is 7.20. The molecule has 0 amide bonds. The van der Waals surface area contributed by atoms with Crippen molar-refractivity contribution in [2.24, 2.45) is 0 Å². The molecule has 1 heterocycles. The third kappa shape index (κ3) is 3.41. The first kappa shape index (κ1) is 18.4. The summed E-state index contributed by atoms with van der Waals surface area (Å²) in [5.41, 5.74) is 7.87. The number of nitrogens with zero attached hydrogens (tertiary/aromatic N) is 3. The summed E-state index contributed by atoms with van der Waals surface area (Å²) in [6.07, 6.45) is 1.72. The standard InChI is InChI=1S/C25H17ClN4/c26-19-9-12-21-18(14-19)8-13-22-23(21)24(17-4-2-1-3-5-17)30-25(29-22)28-20-10-6-16(15-27)7-11-20/h1-7,9-12,14H,8,13H2,(H,28,29,30). The average molecular weight is 409 g/mol. The number of halogens is 1. The number of fused-ring (bicyclic) bond motifs is 3. The first-order chi connectivity index (χ1) is 14.7. The molecule has 4 aromatic rings. The van der Waals surface area contributed by atoms with Crippen molar-refractivity contribution in [3.05, 3.63) is 94.6 Å². The van der Waals surface area contributed by atoms with Crippen LogP contribution in [0.5, 0.6) is 0 Å². The lowest BCUT2D eigenvalue weighted by atomic mass is 9.86. The van der Waals surface area contributed by atoms with Gasteiger partial charge in [-0.1, -0.05) is 48.0 Å². The van der Waals surface area contributed by atoms with Crippen LogP contribution in [0, 0.1) is 11.3 Å². The molecule has 1 aliphatic rings. The van der Waals surface area contributed by atoms with E-state index in [4.69, 9.17) is 26.8 Å². The highest BCUT2D eigenvalue weighted by atomic mass is 35.5. The van der Waals surface area contributed by atoms with Gasteiger partial charge in [0, 0.05) is 21.8 Å². The van der Waals surface area contributed by atoms with Gasteiger partial charge in [0.25, 0.3) is 0 Å². The van der Waals surface area contributed by atoms with Crippen molar-refractivity contribution in [1.29, 1.82) is 5.26 Å². The predicted octanol–water partition coefficient (Wildman–Crippen LogP) is 6.18. The van der Waals surface area contributed by atoms with Crippen LogP contribution in [0.1, 0.15) is 16.8 Å². The molecule has 5 rings (SSSR count). The fourth-order valence-corrected chi connectivity index (χ4v) is 4.05. The van der Waals surface area contributed by atoms with Crippen molar-refractivity contribution in [3.63, 3.8) is 0 Å². The van der Waals surface area contributed by atoms with Gasteiger partial charge < -0.3 is 5.32 Å². The zero-order chi connectivity index (χ0) is 20.5. The van der Waals surface area contributed by atoms with Crippen molar-refractivity contribution in [3.8, 4) is 28.5 Å². The van der Waals surface area contributed by atoms with Crippen LogP contribution in [0.25, 0.3) is 22.4 Å². The zero-order valence-corrected chi connectivity index (χ0v) is 16.8. The van der Waals surface area contributed by atoms with E-state index in [0.717, 1.165) is 51.6 Å². The molecule has 0 unspecified atom stereocenters. The molecule has 1 aliphatic carbocycles. The van der Waals surface area contributed by atoms with Crippen LogP contribution in [-0.2, 0) is 12.8 Å². The lowest BCUT2D eigenvalue weighted by Gasteiger charge is -2.23. The van der Waals surface area contributed by atoms with E-state index in [1.54, 1.807) is 12.1 Å². The minimum Gasteiger partial charge on any atom is -0.324 e. The van der Waals surface area contributed by atoms with E-state index >= 15 is 0 Å². The molecule has 30 heavy (non-hydrogen) atoms. The third-order valence-electron chi connectivity index (χ3n) is 5.27. The van der Waals surface area contributed by atoms with E-state index in [1.807, 2.05) is 42.5 Å². The number of hydrogen-bond acceptors (Lipinski definition) is 4. The van der Waals surface area contributed by atoms with Crippen molar-refractivity contribution < 1.29 is 0 Å². The summed E-state index contributed by atoms with van der Waals surface area (Å²) in [6, 6.07) is 25.6. The SMILES string of the molecule is N#Cc1ccc(Nc2nc3c(c(-c4ccccc4)n2)-c2ccc(Cl)cc2CC3)cc1. The molecule has 0 fully saturated rings. The van der Waals surface area contributed by atoms with Gasteiger partial charge in [-0.15, -0.1) is 0 Å². The Morgan fingerprint density at radius 1 is 0.900 bits per heavy atom. The Morgan fingerprint density at radius 3 is 2.47 bits per heavy atom. The minimum absolute atomic E-state index is 0.551. The Bertz CT molecular complexity index is 1280. The molecule has 0 saturated heterocycles. The van der Waals surface area contributed by atoms with Gasteiger partial charge in [-0.25, -0.2) is 9.97 Å². The van der Waals surface area contributed by atoms with Gasteiger partial charge in [-0.2, -0.15) is 5.26 Å². The number of anilines is 2. The molecule has 0 saturated carbocycles. The topological polar surface area (TPSA) is 61.6 Å². The van der Waals surface area contributed by atoms with Crippen molar-refractivity contribution in [2.45, 2.75) is 12.8 Å². The van der Waals surface area contributed by atoms with Gasteiger partial charge in [0.2, 0.25) is 5.95 Å². The molecule has 4 nitrogen and oxygen atoms in total. The van der Waals surface area contributed by atoms with E-state index in [0.29, 0.717) is 11.5 Å². The quantitative estimate of drug-likeness (QED) is 0.439. The second kappa shape index (κ2) is 7.62. The highest BCUT2D eigenvalue weighted by molar-refractivity contribution is 6.30. The highest BCUT2D eigenvalue weighted by Crippen LogP contribution is 2.40. The summed E-state index contributed by atoms with van der Waals surface area (Å²) in [5.74, 6) is 0.551. The third-order valence-corrected chi connectivity index (χ3v) is 5.50. The van der Waals surface area contributed by atoms with Gasteiger partial charge in [0.1, 0.15) is 0 Å². The smallest absolute Gasteiger partial charge is 0.228 e. The van der Waals surface area contributed by atoms with E-state index in [2.05, 4.69) is 29.6 Å². The van der Waals surface area contributed by atoms with Crippen LogP contribution in [0.3, 0.4) is 0 Å². The molecular weight excluding hydrogens is 392 g/mol. The van der Waals surface area contributed by atoms with E-state index in [-0.39, 0.29) is 0 Å². The molecule has 0 spiro atoms. The molecule has 1 N–H and O–H groups in total. The number of hydrogen-bond donors (Lipinski definition) is 1. The van der Waals surface area contributed by atoms with Crippen molar-refractivity contribution in [2.75, 3.05) is 5.32 Å². The van der Waals surface area contributed by atoms with Gasteiger partial charge >= 0.3 is 0 Å². The van der Waals surface area contributed by atoms with Crippen LogP contribution in [0.15, 0.2) is 72.8 Å². The first-order valence-electron chi connectivity index (χ1n) is 9.73. The Hall–Kier alpha value is -3.68. The summed E-state index contributed by atoms with van der Waals surface area (Å²) in [7, 11) is 0. The van der Waals surface area contributed by atoms with E-state index in [9.17, 15) is 0 Å². The Labute approximate surface area is 179 Å². The zero-order valence-electron chi connectivity index (χ0n) is 16.1. The predicted molar refractivity (Wildman–Crippen MR) is 120 cm³/mol. The molecule has 5 heteroatoms. The number of benzene rings is 3. The Morgan fingerprint density at radius 2 is 1.70 bits per heavy atom. The Balaban J connectivity index is 1.65. The number of nitrogens with one attached hydrogen (secondary N) is 1. The molecule has 0 aliphatic heterocycles. The molecule has 3 aromatic carbocycles. The van der Waals surface area contributed by atoms with E-state index in [1.165, 1.54) is 5.56 Å². The summed E-state index contributed by atoms with van der Waals surface area (Å²) < 4.78 is 0. The van der Waals surface area contributed by atoms with Gasteiger partial charge in [-0.05, 0) is 60.4 Å².